The Morgan fingerprint density at radius 3 is 3.20 bits per heavy atom. The molecule has 0 spiro atoms. The van der Waals surface area contributed by atoms with Crippen LogP contribution in [0.5, 0.6) is 0 Å². The van der Waals surface area contributed by atoms with Crippen molar-refractivity contribution in [2.24, 2.45) is 0 Å². The summed E-state index contributed by atoms with van der Waals surface area (Å²) in [5.74, 6) is 0. The summed E-state index contributed by atoms with van der Waals surface area (Å²) in [4.78, 5) is 4.43. The number of nitrogens with one attached hydrogen (secondary N) is 2. The molecule has 3 nitrogen and oxygen atoms in total. The summed E-state index contributed by atoms with van der Waals surface area (Å²) < 4.78 is 0. The predicted octanol–water partition coefficient (Wildman–Crippen LogP) is 1.68. The van der Waals surface area contributed by atoms with Crippen molar-refractivity contribution in [2.45, 2.75) is 38.8 Å². The van der Waals surface area contributed by atoms with Gasteiger partial charge in [-0.25, -0.2) is 4.98 Å². The highest BCUT2D eigenvalue weighted by Gasteiger charge is 2.11. The number of piperidine rings is 1. The number of rotatable bonds is 4. The number of aromatic nitrogens is 1. The fourth-order valence-electron chi connectivity index (χ4n) is 1.94. The van der Waals surface area contributed by atoms with Crippen LogP contribution in [-0.2, 0) is 6.54 Å². The van der Waals surface area contributed by atoms with E-state index < -0.39 is 0 Å². The Kier molecular flexibility index (Phi) is 4.11. The minimum absolute atomic E-state index is 0.666. The molecule has 1 aromatic heterocycles. The smallest absolute Gasteiger partial charge is 0.107 e. The first kappa shape index (κ1) is 11.0. The van der Waals surface area contributed by atoms with E-state index in [4.69, 9.17) is 0 Å². The second-order valence-electron chi connectivity index (χ2n) is 4.16. The molecule has 2 heterocycles. The van der Waals surface area contributed by atoms with E-state index in [1.54, 1.807) is 11.3 Å². The summed E-state index contributed by atoms with van der Waals surface area (Å²) in [7, 11) is 0. The van der Waals surface area contributed by atoms with Crippen LogP contribution < -0.4 is 10.6 Å². The van der Waals surface area contributed by atoms with Gasteiger partial charge in [-0.2, -0.15) is 0 Å². The van der Waals surface area contributed by atoms with Gasteiger partial charge in [0.2, 0.25) is 0 Å². The van der Waals surface area contributed by atoms with Crippen molar-refractivity contribution in [2.75, 3.05) is 13.1 Å². The van der Waals surface area contributed by atoms with Crippen LogP contribution in [0.1, 0.15) is 30.0 Å². The van der Waals surface area contributed by atoms with Crippen LogP contribution in [0.25, 0.3) is 0 Å². The van der Waals surface area contributed by atoms with Crippen molar-refractivity contribution in [1.82, 2.24) is 15.6 Å². The normalized spacial score (nSPS) is 21.8. The summed E-state index contributed by atoms with van der Waals surface area (Å²) in [6, 6.07) is 0.666. The molecule has 2 N–H and O–H groups in total. The van der Waals surface area contributed by atoms with E-state index in [9.17, 15) is 0 Å². The molecule has 0 saturated carbocycles. The lowest BCUT2D eigenvalue weighted by atomic mass is 10.1. The van der Waals surface area contributed by atoms with Crippen molar-refractivity contribution in [3.8, 4) is 0 Å². The third kappa shape index (κ3) is 3.55. The Labute approximate surface area is 95.3 Å². The Hall–Kier alpha value is -0.450. The van der Waals surface area contributed by atoms with Crippen molar-refractivity contribution in [3.63, 3.8) is 0 Å². The SMILES string of the molecule is Cc1csc(CNCC2CCCCN2)n1. The highest BCUT2D eigenvalue weighted by molar-refractivity contribution is 7.09. The second kappa shape index (κ2) is 5.58. The van der Waals surface area contributed by atoms with Crippen LogP contribution in [0.2, 0.25) is 0 Å². The first-order valence-corrected chi connectivity index (χ1v) is 6.57. The molecule has 4 heteroatoms. The summed E-state index contributed by atoms with van der Waals surface area (Å²) in [6.45, 7) is 5.21. The zero-order chi connectivity index (χ0) is 10.5. The van der Waals surface area contributed by atoms with Crippen LogP contribution in [0, 0.1) is 6.92 Å². The maximum absolute atomic E-state index is 4.43. The number of hydrogen-bond acceptors (Lipinski definition) is 4. The average Bonchev–Trinajstić information content (AvgIpc) is 2.66. The molecule has 0 aromatic carbocycles. The lowest BCUT2D eigenvalue weighted by molar-refractivity contribution is 0.383. The summed E-state index contributed by atoms with van der Waals surface area (Å²) in [6.07, 6.45) is 4.02. The molecule has 1 aromatic rings. The molecule has 0 amide bonds. The molecular weight excluding hydrogens is 206 g/mol. The van der Waals surface area contributed by atoms with Gasteiger partial charge in [0.25, 0.3) is 0 Å². The molecule has 1 unspecified atom stereocenters. The standard InChI is InChI=1S/C11H19N3S/c1-9-8-15-11(14-9)7-12-6-10-4-2-3-5-13-10/h8,10,12-13H,2-7H2,1H3. The lowest BCUT2D eigenvalue weighted by Crippen LogP contribution is -2.41. The maximum atomic E-state index is 4.43. The van der Waals surface area contributed by atoms with Gasteiger partial charge in [-0.05, 0) is 26.3 Å². The molecular formula is C11H19N3S. The van der Waals surface area contributed by atoms with E-state index in [0.717, 1.165) is 18.8 Å². The molecule has 1 aliphatic rings. The molecule has 1 fully saturated rings. The third-order valence-electron chi connectivity index (χ3n) is 2.75. The molecule has 0 bridgehead atoms. The van der Waals surface area contributed by atoms with E-state index >= 15 is 0 Å². The summed E-state index contributed by atoms with van der Waals surface area (Å²) in [5, 5.41) is 10.3. The van der Waals surface area contributed by atoms with Crippen LogP contribution in [-0.4, -0.2) is 24.1 Å². The van der Waals surface area contributed by atoms with Gasteiger partial charge < -0.3 is 10.6 Å². The van der Waals surface area contributed by atoms with Crippen LogP contribution >= 0.6 is 11.3 Å². The Morgan fingerprint density at radius 1 is 1.60 bits per heavy atom. The Morgan fingerprint density at radius 2 is 2.53 bits per heavy atom. The van der Waals surface area contributed by atoms with E-state index in [0.29, 0.717) is 6.04 Å². The molecule has 1 aliphatic heterocycles. The van der Waals surface area contributed by atoms with E-state index in [2.05, 4.69) is 21.0 Å². The van der Waals surface area contributed by atoms with Crippen molar-refractivity contribution in [1.29, 1.82) is 0 Å². The molecule has 0 radical (unpaired) electrons. The quantitative estimate of drug-likeness (QED) is 0.818. The molecule has 84 valence electrons. The zero-order valence-electron chi connectivity index (χ0n) is 9.25. The minimum Gasteiger partial charge on any atom is -0.313 e. The van der Waals surface area contributed by atoms with Crippen LogP contribution in [0.15, 0.2) is 5.38 Å². The Balaban J connectivity index is 1.65. The molecule has 1 atom stereocenters. The van der Waals surface area contributed by atoms with Gasteiger partial charge in [0, 0.05) is 30.2 Å². The first-order chi connectivity index (χ1) is 7.34. The summed E-state index contributed by atoms with van der Waals surface area (Å²) >= 11 is 1.74. The topological polar surface area (TPSA) is 37.0 Å². The van der Waals surface area contributed by atoms with Gasteiger partial charge in [0.05, 0.1) is 0 Å². The monoisotopic (exact) mass is 225 g/mol. The second-order valence-corrected chi connectivity index (χ2v) is 5.10. The highest BCUT2D eigenvalue weighted by Crippen LogP contribution is 2.09. The molecule has 2 rings (SSSR count). The van der Waals surface area contributed by atoms with E-state index in [1.807, 2.05) is 6.92 Å². The van der Waals surface area contributed by atoms with E-state index in [-0.39, 0.29) is 0 Å². The van der Waals surface area contributed by atoms with Crippen LogP contribution in [0.4, 0.5) is 0 Å². The predicted molar refractivity (Wildman–Crippen MR) is 64.2 cm³/mol. The van der Waals surface area contributed by atoms with E-state index in [1.165, 1.54) is 30.8 Å². The van der Waals surface area contributed by atoms with Gasteiger partial charge in [-0.1, -0.05) is 6.42 Å². The molecule has 1 saturated heterocycles. The van der Waals surface area contributed by atoms with Gasteiger partial charge in [-0.3, -0.25) is 0 Å². The largest absolute Gasteiger partial charge is 0.313 e. The third-order valence-corrected chi connectivity index (χ3v) is 3.71. The van der Waals surface area contributed by atoms with Crippen LogP contribution in [0.3, 0.4) is 0 Å². The number of aryl methyl sites for hydroxylation is 1. The molecule has 15 heavy (non-hydrogen) atoms. The lowest BCUT2D eigenvalue weighted by Gasteiger charge is -2.23. The number of hydrogen-bond donors (Lipinski definition) is 2. The van der Waals surface area contributed by atoms with Gasteiger partial charge in [-0.15, -0.1) is 11.3 Å². The number of nitrogens with zero attached hydrogens (tertiary/aromatic N) is 1. The fraction of sp³-hybridized carbons (Fsp3) is 0.727. The first-order valence-electron chi connectivity index (χ1n) is 5.70. The van der Waals surface area contributed by atoms with Gasteiger partial charge in [0.15, 0.2) is 0 Å². The highest BCUT2D eigenvalue weighted by atomic mass is 32.1. The van der Waals surface area contributed by atoms with Crippen molar-refractivity contribution in [3.05, 3.63) is 16.1 Å². The Bertz CT molecular complexity index is 292. The fourth-order valence-corrected chi connectivity index (χ4v) is 2.68. The number of thiazole rings is 1. The average molecular weight is 225 g/mol. The summed E-state index contributed by atoms with van der Waals surface area (Å²) in [5.41, 5.74) is 1.13. The van der Waals surface area contributed by atoms with Crippen molar-refractivity contribution >= 4 is 11.3 Å². The maximum Gasteiger partial charge on any atom is 0.107 e. The van der Waals surface area contributed by atoms with Crippen molar-refractivity contribution < 1.29 is 0 Å². The van der Waals surface area contributed by atoms with Gasteiger partial charge >= 0.3 is 0 Å². The zero-order valence-corrected chi connectivity index (χ0v) is 10.1. The van der Waals surface area contributed by atoms with Gasteiger partial charge in [0.1, 0.15) is 5.01 Å². The minimum atomic E-state index is 0.666. The molecule has 0 aliphatic carbocycles.